The molecule has 0 heterocycles. The Hall–Kier alpha value is -0.496. The van der Waals surface area contributed by atoms with E-state index in [0.717, 1.165) is 0 Å². The molecule has 0 saturated heterocycles. The Kier molecular flexibility index (Phi) is 10.7. The van der Waals surface area contributed by atoms with Crippen molar-refractivity contribution in [3.8, 4) is 0 Å². The van der Waals surface area contributed by atoms with Crippen LogP contribution in [0.15, 0.2) is 60.2 Å². The quantitative estimate of drug-likeness (QED) is 0.444. The van der Waals surface area contributed by atoms with Gasteiger partial charge in [-0.3, -0.25) is 0 Å². The fraction of sp³-hybridized carbons (Fsp3) is 0.385. The Morgan fingerprint density at radius 2 is 1.07 bits per heavy atom. The second-order valence-electron chi connectivity index (χ2n) is 9.39. The molecular weight excluding hydrogens is 467 g/mol. The standard InChI is InChI=1S/C26H31.3ClH.Ti/c1-17-10-18(2)13-22(12-17)25(23-14-19(3)11-20(4)15-23)21-8-9-24(16-21)26(5,6)7;;;;/h8-16,25H,1-7H3;3*1H;/q;;;;+3/p-3. The molecule has 2 aromatic carbocycles. The first-order chi connectivity index (χ1) is 12.5. The number of rotatable bonds is 3. The molecule has 0 saturated carbocycles. The van der Waals surface area contributed by atoms with Gasteiger partial charge in [-0.05, 0) is 0 Å². The number of halogens is 3. The maximum absolute atomic E-state index is 2.51. The molecule has 1 aliphatic carbocycles. The first-order valence-corrected chi connectivity index (χ1v) is 10.6. The summed E-state index contributed by atoms with van der Waals surface area (Å²) in [6.07, 6.45) is 7.28. The Balaban J connectivity index is 0.00000280. The predicted octanol–water partition coefficient (Wildman–Crippen LogP) is -1.69. The van der Waals surface area contributed by atoms with Gasteiger partial charge in [-0.15, -0.1) is 0 Å². The smallest absolute Gasteiger partial charge is 1.00 e. The third kappa shape index (κ3) is 6.50. The van der Waals surface area contributed by atoms with Crippen molar-refractivity contribution in [3.63, 3.8) is 0 Å². The zero-order valence-electron chi connectivity index (χ0n) is 18.9. The van der Waals surface area contributed by atoms with Crippen molar-refractivity contribution in [1.29, 1.82) is 0 Å². The molecule has 30 heavy (non-hydrogen) atoms. The van der Waals surface area contributed by atoms with E-state index in [9.17, 15) is 0 Å². The van der Waals surface area contributed by atoms with Gasteiger partial charge in [0, 0.05) is 0 Å². The largest absolute Gasteiger partial charge is 1.00 e. The van der Waals surface area contributed by atoms with Crippen molar-refractivity contribution in [2.45, 2.75) is 58.1 Å². The summed E-state index contributed by atoms with van der Waals surface area (Å²) in [4.78, 5) is 0. The summed E-state index contributed by atoms with van der Waals surface area (Å²) in [5.41, 5.74) is 9.78. The molecular formula is C26H31Cl3Ti. The van der Waals surface area contributed by atoms with Crippen LogP contribution in [0.2, 0.25) is 3.72 Å². The van der Waals surface area contributed by atoms with Gasteiger partial charge in [-0.25, -0.2) is 0 Å². The van der Waals surface area contributed by atoms with Crippen LogP contribution in [-0.2, 0) is 20.4 Å². The van der Waals surface area contributed by atoms with E-state index in [0.29, 0.717) is 5.92 Å². The number of aryl methyl sites for hydroxylation is 4. The number of benzene rings is 2. The van der Waals surface area contributed by atoms with E-state index >= 15 is 0 Å². The molecule has 0 fully saturated rings. The summed E-state index contributed by atoms with van der Waals surface area (Å²) < 4.78 is -0.0247. The molecule has 1 atom stereocenters. The van der Waals surface area contributed by atoms with Crippen LogP contribution in [-0.4, -0.2) is 0 Å². The number of hydrogen-bond acceptors (Lipinski definition) is 0. The monoisotopic (exact) mass is 496 g/mol. The van der Waals surface area contributed by atoms with Crippen molar-refractivity contribution in [2.24, 2.45) is 5.41 Å². The first kappa shape index (κ1) is 29.5. The van der Waals surface area contributed by atoms with Gasteiger partial charge < -0.3 is 37.2 Å². The minimum Gasteiger partial charge on any atom is -1.00 e. The number of allylic oxidation sites excluding steroid dienone is 4. The Morgan fingerprint density at radius 1 is 0.700 bits per heavy atom. The predicted molar refractivity (Wildman–Crippen MR) is 113 cm³/mol. The van der Waals surface area contributed by atoms with E-state index < -0.39 is 0 Å². The van der Waals surface area contributed by atoms with E-state index in [-0.39, 0.29) is 46.4 Å². The minimum absolute atomic E-state index is 0. The molecule has 0 spiro atoms. The van der Waals surface area contributed by atoms with E-state index in [4.69, 9.17) is 0 Å². The number of hydrogen-bond donors (Lipinski definition) is 0. The van der Waals surface area contributed by atoms with Gasteiger partial charge in [0.1, 0.15) is 0 Å². The van der Waals surface area contributed by atoms with Gasteiger partial charge in [-0.2, -0.15) is 0 Å². The topological polar surface area (TPSA) is 0 Å². The maximum atomic E-state index is 2.51. The summed E-state index contributed by atoms with van der Waals surface area (Å²) >= 11 is 2.39. The van der Waals surface area contributed by atoms with Gasteiger partial charge in [0.05, 0.1) is 0 Å². The van der Waals surface area contributed by atoms with Crippen LogP contribution in [0, 0.1) is 33.1 Å². The van der Waals surface area contributed by atoms with E-state index in [2.05, 4.69) is 124 Å². The Labute approximate surface area is 213 Å². The summed E-state index contributed by atoms with van der Waals surface area (Å²) in [6.45, 7) is 15.7. The molecule has 0 aliphatic heterocycles. The Morgan fingerprint density at radius 3 is 1.37 bits per heavy atom. The van der Waals surface area contributed by atoms with Crippen LogP contribution in [0.4, 0.5) is 0 Å². The third-order valence-electron chi connectivity index (χ3n) is 5.43. The van der Waals surface area contributed by atoms with E-state index in [1.807, 2.05) is 0 Å². The van der Waals surface area contributed by atoms with Gasteiger partial charge in [0.15, 0.2) is 0 Å². The van der Waals surface area contributed by atoms with Crippen LogP contribution in [0.5, 0.6) is 0 Å². The normalized spacial score (nSPS) is 17.7. The molecule has 1 unspecified atom stereocenters. The minimum atomic E-state index is -0.0247. The van der Waals surface area contributed by atoms with Crippen LogP contribution in [0.3, 0.4) is 0 Å². The van der Waals surface area contributed by atoms with Gasteiger partial charge in [-0.1, -0.05) is 0 Å². The summed E-state index contributed by atoms with van der Waals surface area (Å²) in [7, 11) is 0. The zero-order valence-corrected chi connectivity index (χ0v) is 22.7. The maximum Gasteiger partial charge on any atom is -1.00 e. The summed E-state index contributed by atoms with van der Waals surface area (Å²) in [6, 6.07) is 14.0. The molecule has 0 aromatic heterocycles. The second kappa shape index (κ2) is 10.9. The van der Waals surface area contributed by atoms with E-state index in [1.165, 1.54) is 39.0 Å². The average molecular weight is 498 g/mol. The van der Waals surface area contributed by atoms with Crippen molar-refractivity contribution in [3.05, 3.63) is 93.6 Å². The molecule has 1 aliphatic rings. The van der Waals surface area contributed by atoms with Gasteiger partial charge in [0.25, 0.3) is 0 Å². The molecule has 0 bridgehead atoms. The molecule has 3 rings (SSSR count). The molecule has 4 heteroatoms. The molecule has 160 valence electrons. The Bertz CT molecular complexity index is 846. The van der Waals surface area contributed by atoms with Gasteiger partial charge in [0.2, 0.25) is 0 Å². The van der Waals surface area contributed by atoms with Crippen LogP contribution in [0.1, 0.15) is 60.1 Å². The van der Waals surface area contributed by atoms with Crippen LogP contribution in [0.25, 0.3) is 0 Å². The molecule has 0 nitrogen and oxygen atoms in total. The van der Waals surface area contributed by atoms with Gasteiger partial charge >= 0.3 is 178 Å². The SMILES string of the molecule is Cc1cc(C)cc(C(c2cc(C)cc(C)c2)[C]2([Ti+3])C=CC(C(C)(C)C)=C2)c1.[Cl-].[Cl-].[Cl-]. The molecule has 0 N–H and O–H groups in total. The van der Waals surface area contributed by atoms with Crippen molar-refractivity contribution in [1.82, 2.24) is 0 Å². The average Bonchev–Trinajstić information content (AvgIpc) is 2.88. The molecule has 0 amide bonds. The van der Waals surface area contributed by atoms with E-state index in [1.54, 1.807) is 0 Å². The first-order valence-electron chi connectivity index (χ1n) is 9.82. The third-order valence-corrected chi connectivity index (χ3v) is 6.37. The van der Waals surface area contributed by atoms with Crippen molar-refractivity contribution < 1.29 is 57.7 Å². The molecule has 0 radical (unpaired) electrons. The van der Waals surface area contributed by atoms with Crippen LogP contribution >= 0.6 is 0 Å². The van der Waals surface area contributed by atoms with Crippen molar-refractivity contribution in [2.75, 3.05) is 0 Å². The molecule has 2 aromatic rings. The van der Waals surface area contributed by atoms with Crippen LogP contribution < -0.4 is 37.2 Å². The zero-order chi connectivity index (χ0) is 20.0. The summed E-state index contributed by atoms with van der Waals surface area (Å²) in [5, 5.41) is 0. The second-order valence-corrected chi connectivity index (χ2v) is 10.7. The fourth-order valence-corrected chi connectivity index (χ4v) is 5.22. The summed E-state index contributed by atoms with van der Waals surface area (Å²) in [5.74, 6) is 0.311. The fourth-order valence-electron chi connectivity index (χ4n) is 4.32. The van der Waals surface area contributed by atoms with Crippen molar-refractivity contribution >= 4 is 0 Å².